The van der Waals surface area contributed by atoms with E-state index in [2.05, 4.69) is 28.9 Å². The molecule has 3 aliphatic carbocycles. The fourth-order valence-corrected chi connectivity index (χ4v) is 6.30. The van der Waals surface area contributed by atoms with Gasteiger partial charge in [0.2, 0.25) is 0 Å². The molecule has 1 fully saturated rings. The van der Waals surface area contributed by atoms with Crippen LogP contribution in [0.1, 0.15) is 56.6 Å². The van der Waals surface area contributed by atoms with Crippen molar-refractivity contribution in [2.75, 3.05) is 0 Å². The van der Waals surface area contributed by atoms with Crippen LogP contribution in [0.4, 0.5) is 0 Å². The molecule has 1 aromatic carbocycles. The van der Waals surface area contributed by atoms with Crippen molar-refractivity contribution in [3.05, 3.63) is 39.4 Å². The molecule has 0 bridgehead atoms. The number of allylic oxidation sites excluding steroid dienone is 2. The second kappa shape index (κ2) is 6.08. The number of aryl methyl sites for hydroxylation is 1. The van der Waals surface area contributed by atoms with Gasteiger partial charge in [-0.1, -0.05) is 28.9 Å². The molecule has 3 aliphatic rings. The number of carbonyl (C=O) groups excluding carboxylic acids is 2. The summed E-state index contributed by atoms with van der Waals surface area (Å²) in [5.41, 5.74) is 3.82. The molecule has 0 spiro atoms. The SMILES string of the molecule is CC(=O)Oc1ccc2c(c1)CCC1C2CCC2(C)C(Br)=C(C=O)CC12. The lowest BCUT2D eigenvalue weighted by Gasteiger charge is -2.49. The number of esters is 1. The van der Waals surface area contributed by atoms with E-state index in [0.29, 0.717) is 23.5 Å². The number of halogens is 1. The Morgan fingerprint density at radius 1 is 1.36 bits per heavy atom. The molecule has 4 unspecified atom stereocenters. The van der Waals surface area contributed by atoms with Crippen molar-refractivity contribution in [3.8, 4) is 5.75 Å². The summed E-state index contributed by atoms with van der Waals surface area (Å²) in [4.78, 5) is 22.7. The molecular formula is C21H23BrO3. The van der Waals surface area contributed by atoms with E-state index in [4.69, 9.17) is 4.74 Å². The highest BCUT2D eigenvalue weighted by atomic mass is 79.9. The van der Waals surface area contributed by atoms with Gasteiger partial charge in [-0.2, -0.15) is 0 Å². The molecule has 0 heterocycles. The molecular weight excluding hydrogens is 380 g/mol. The summed E-state index contributed by atoms with van der Waals surface area (Å²) in [6.45, 7) is 3.76. The summed E-state index contributed by atoms with van der Waals surface area (Å²) >= 11 is 3.74. The first-order valence-electron chi connectivity index (χ1n) is 9.09. The first-order valence-corrected chi connectivity index (χ1v) is 9.89. The summed E-state index contributed by atoms with van der Waals surface area (Å²) < 4.78 is 6.40. The second-order valence-electron chi connectivity index (χ2n) is 7.99. The lowest BCUT2D eigenvalue weighted by molar-refractivity contribution is -0.131. The molecule has 0 aliphatic heterocycles. The van der Waals surface area contributed by atoms with Crippen molar-refractivity contribution in [2.24, 2.45) is 17.3 Å². The van der Waals surface area contributed by atoms with Crippen LogP contribution < -0.4 is 4.74 Å². The molecule has 4 atom stereocenters. The molecule has 1 saturated carbocycles. The highest BCUT2D eigenvalue weighted by molar-refractivity contribution is 9.11. The van der Waals surface area contributed by atoms with Gasteiger partial charge >= 0.3 is 5.97 Å². The molecule has 3 nitrogen and oxygen atoms in total. The monoisotopic (exact) mass is 402 g/mol. The summed E-state index contributed by atoms with van der Waals surface area (Å²) in [6.07, 6.45) is 6.38. The molecule has 132 valence electrons. The van der Waals surface area contributed by atoms with Crippen molar-refractivity contribution >= 4 is 28.2 Å². The van der Waals surface area contributed by atoms with Gasteiger partial charge in [-0.15, -0.1) is 0 Å². The Morgan fingerprint density at radius 3 is 2.88 bits per heavy atom. The first-order chi connectivity index (χ1) is 11.9. The van der Waals surface area contributed by atoms with Gasteiger partial charge in [0.15, 0.2) is 0 Å². The van der Waals surface area contributed by atoms with Gasteiger partial charge in [0, 0.05) is 22.4 Å². The fraction of sp³-hybridized carbons (Fsp3) is 0.524. The Bertz CT molecular complexity index is 781. The maximum absolute atomic E-state index is 11.5. The van der Waals surface area contributed by atoms with Crippen LogP contribution in [0.25, 0.3) is 0 Å². The third-order valence-corrected chi connectivity index (χ3v) is 8.13. The predicted molar refractivity (Wildman–Crippen MR) is 99.8 cm³/mol. The molecule has 4 rings (SSSR count). The van der Waals surface area contributed by atoms with E-state index in [-0.39, 0.29) is 11.4 Å². The number of hydrogen-bond donors (Lipinski definition) is 0. The Balaban J connectivity index is 1.65. The van der Waals surface area contributed by atoms with Crippen LogP contribution in [-0.2, 0) is 16.0 Å². The molecule has 0 amide bonds. The molecule has 1 aromatic rings. The average Bonchev–Trinajstić information content (AvgIpc) is 2.85. The molecule has 0 radical (unpaired) electrons. The Kier molecular flexibility index (Phi) is 4.14. The highest BCUT2D eigenvalue weighted by Crippen LogP contribution is 2.63. The third-order valence-electron chi connectivity index (χ3n) is 6.71. The van der Waals surface area contributed by atoms with Gasteiger partial charge in [-0.3, -0.25) is 9.59 Å². The predicted octanol–water partition coefficient (Wildman–Crippen LogP) is 4.93. The van der Waals surface area contributed by atoms with E-state index in [1.165, 1.54) is 18.1 Å². The summed E-state index contributed by atoms with van der Waals surface area (Å²) in [7, 11) is 0. The van der Waals surface area contributed by atoms with Crippen molar-refractivity contribution in [1.29, 1.82) is 0 Å². The largest absolute Gasteiger partial charge is 0.427 e. The number of ether oxygens (including phenoxy) is 1. The average molecular weight is 403 g/mol. The Morgan fingerprint density at radius 2 is 2.16 bits per heavy atom. The van der Waals surface area contributed by atoms with Crippen LogP contribution >= 0.6 is 15.9 Å². The summed E-state index contributed by atoms with van der Waals surface area (Å²) in [6, 6.07) is 6.13. The van der Waals surface area contributed by atoms with Gasteiger partial charge in [-0.25, -0.2) is 0 Å². The minimum absolute atomic E-state index is 0.118. The number of benzene rings is 1. The van der Waals surface area contributed by atoms with Gasteiger partial charge in [-0.05, 0) is 73.1 Å². The minimum Gasteiger partial charge on any atom is -0.427 e. The van der Waals surface area contributed by atoms with E-state index in [0.717, 1.165) is 48.4 Å². The Hall–Kier alpha value is -1.42. The van der Waals surface area contributed by atoms with Crippen LogP contribution in [0.3, 0.4) is 0 Å². The number of carbonyl (C=O) groups is 2. The van der Waals surface area contributed by atoms with Crippen LogP contribution in [0.15, 0.2) is 28.3 Å². The summed E-state index contributed by atoms with van der Waals surface area (Å²) in [5.74, 6) is 2.10. The molecule has 25 heavy (non-hydrogen) atoms. The van der Waals surface area contributed by atoms with Gasteiger partial charge < -0.3 is 4.74 Å². The van der Waals surface area contributed by atoms with Gasteiger partial charge in [0.1, 0.15) is 12.0 Å². The number of rotatable bonds is 2. The zero-order valence-electron chi connectivity index (χ0n) is 14.7. The lowest BCUT2D eigenvalue weighted by Crippen LogP contribution is -2.40. The van der Waals surface area contributed by atoms with Crippen molar-refractivity contribution in [2.45, 2.75) is 51.9 Å². The standard InChI is InChI=1S/C21H23BrO3/c1-12(24)25-15-4-6-16-13(9-15)3-5-18-17(16)7-8-21(2)19(18)10-14(11-23)20(21)22/h4,6,9,11,17-19H,3,5,7-8,10H2,1-2H3. The second-order valence-corrected chi connectivity index (χ2v) is 8.78. The van der Waals surface area contributed by atoms with E-state index in [1.54, 1.807) is 0 Å². The molecule has 0 aromatic heterocycles. The molecule has 4 heteroatoms. The third kappa shape index (κ3) is 2.61. The minimum atomic E-state index is -0.273. The summed E-state index contributed by atoms with van der Waals surface area (Å²) in [5, 5.41) is 0. The zero-order valence-corrected chi connectivity index (χ0v) is 16.3. The first kappa shape index (κ1) is 17.0. The number of fused-ring (bicyclic) bond motifs is 5. The van der Waals surface area contributed by atoms with Crippen molar-refractivity contribution in [1.82, 2.24) is 0 Å². The highest BCUT2D eigenvalue weighted by Gasteiger charge is 2.53. The maximum Gasteiger partial charge on any atom is 0.308 e. The van der Waals surface area contributed by atoms with Crippen LogP contribution in [-0.4, -0.2) is 12.3 Å². The van der Waals surface area contributed by atoms with Crippen molar-refractivity contribution < 1.29 is 14.3 Å². The number of aldehydes is 1. The van der Waals surface area contributed by atoms with E-state index >= 15 is 0 Å². The normalized spacial score (nSPS) is 33.3. The molecule has 0 saturated heterocycles. The van der Waals surface area contributed by atoms with E-state index in [1.807, 2.05) is 12.1 Å². The smallest absolute Gasteiger partial charge is 0.308 e. The maximum atomic E-state index is 11.5. The van der Waals surface area contributed by atoms with Crippen LogP contribution in [0.5, 0.6) is 5.75 Å². The number of hydrogen-bond acceptors (Lipinski definition) is 3. The van der Waals surface area contributed by atoms with Crippen LogP contribution in [0.2, 0.25) is 0 Å². The topological polar surface area (TPSA) is 43.4 Å². The molecule has 0 N–H and O–H groups in total. The van der Waals surface area contributed by atoms with Crippen LogP contribution in [0, 0.1) is 17.3 Å². The quantitative estimate of drug-likeness (QED) is 0.400. The van der Waals surface area contributed by atoms with Gasteiger partial charge in [0.25, 0.3) is 0 Å². The fourth-order valence-electron chi connectivity index (χ4n) is 5.55. The van der Waals surface area contributed by atoms with Gasteiger partial charge in [0.05, 0.1) is 0 Å². The zero-order chi connectivity index (χ0) is 17.8. The van der Waals surface area contributed by atoms with Crippen molar-refractivity contribution in [3.63, 3.8) is 0 Å². The van der Waals surface area contributed by atoms with E-state index < -0.39 is 0 Å². The van der Waals surface area contributed by atoms with E-state index in [9.17, 15) is 9.59 Å². The Labute approximate surface area is 157 Å². The lowest BCUT2D eigenvalue weighted by atomic mass is 9.56.